The van der Waals surface area contributed by atoms with E-state index in [1.807, 2.05) is 6.07 Å². The second-order valence-electron chi connectivity index (χ2n) is 7.36. The fourth-order valence-corrected chi connectivity index (χ4v) is 4.54. The minimum Gasteiger partial charge on any atom is -0.493 e. The topological polar surface area (TPSA) is 71.0 Å². The van der Waals surface area contributed by atoms with Crippen LogP contribution in [-0.4, -0.2) is 55.4 Å². The lowest BCUT2D eigenvalue weighted by atomic mass is 9.77. The van der Waals surface area contributed by atoms with Crippen molar-refractivity contribution < 1.29 is 19.4 Å². The SMILES string of the molecule is COc1cc(Cl)c(CN2C[C@H]3C[C@@H](NC(C)=O)[C@H](O)C[C@H]3C2)cc1OC. The third-order valence-corrected chi connectivity index (χ3v) is 5.90. The molecule has 1 heterocycles. The Balaban J connectivity index is 1.67. The summed E-state index contributed by atoms with van der Waals surface area (Å²) in [5.41, 5.74) is 1.00. The maximum atomic E-state index is 11.3. The molecular formula is C19H27ClN2O4. The number of hydrogen-bond acceptors (Lipinski definition) is 5. The van der Waals surface area contributed by atoms with Crippen molar-refractivity contribution in [2.75, 3.05) is 27.3 Å². The Labute approximate surface area is 159 Å². The normalized spacial score (nSPS) is 28.5. The number of fused-ring (bicyclic) bond motifs is 1. The Bertz CT molecular complexity index is 669. The molecule has 0 radical (unpaired) electrons. The van der Waals surface area contributed by atoms with Crippen LogP contribution in [0.15, 0.2) is 12.1 Å². The molecular weight excluding hydrogens is 356 g/mol. The molecule has 6 nitrogen and oxygen atoms in total. The van der Waals surface area contributed by atoms with Crippen LogP contribution < -0.4 is 14.8 Å². The van der Waals surface area contributed by atoms with Crippen molar-refractivity contribution in [3.63, 3.8) is 0 Å². The van der Waals surface area contributed by atoms with Crippen LogP contribution in [0, 0.1) is 11.8 Å². The third-order valence-electron chi connectivity index (χ3n) is 5.55. The summed E-state index contributed by atoms with van der Waals surface area (Å²) in [5.74, 6) is 2.14. The van der Waals surface area contributed by atoms with Crippen LogP contribution >= 0.6 is 11.6 Å². The smallest absolute Gasteiger partial charge is 0.217 e. The van der Waals surface area contributed by atoms with E-state index in [-0.39, 0.29) is 11.9 Å². The fourth-order valence-electron chi connectivity index (χ4n) is 4.33. The number of likely N-dealkylation sites (tertiary alicyclic amines) is 1. The van der Waals surface area contributed by atoms with E-state index >= 15 is 0 Å². The summed E-state index contributed by atoms with van der Waals surface area (Å²) < 4.78 is 10.7. The van der Waals surface area contributed by atoms with Gasteiger partial charge in [-0.25, -0.2) is 0 Å². The molecule has 1 aliphatic heterocycles. The van der Waals surface area contributed by atoms with E-state index in [9.17, 15) is 9.90 Å². The summed E-state index contributed by atoms with van der Waals surface area (Å²) in [6.07, 6.45) is 1.08. The van der Waals surface area contributed by atoms with Gasteiger partial charge in [0.1, 0.15) is 0 Å². The van der Waals surface area contributed by atoms with Crippen molar-refractivity contribution in [2.45, 2.75) is 38.5 Å². The number of ether oxygens (including phenoxy) is 2. The van der Waals surface area contributed by atoms with Gasteiger partial charge in [-0.05, 0) is 36.3 Å². The molecule has 1 saturated carbocycles. The Morgan fingerprint density at radius 3 is 2.46 bits per heavy atom. The third kappa shape index (κ3) is 4.08. The number of aliphatic hydroxyl groups excluding tert-OH is 1. The summed E-state index contributed by atoms with van der Waals surface area (Å²) >= 11 is 6.42. The molecule has 0 spiro atoms. The first-order valence-electron chi connectivity index (χ1n) is 8.99. The zero-order valence-electron chi connectivity index (χ0n) is 15.5. The average Bonchev–Trinajstić information content (AvgIpc) is 2.97. The van der Waals surface area contributed by atoms with Crippen LogP contribution in [0.4, 0.5) is 0 Å². The Kier molecular flexibility index (Phi) is 5.95. The molecule has 1 aliphatic carbocycles. The molecule has 1 aromatic carbocycles. The number of nitrogens with zero attached hydrogens (tertiary/aromatic N) is 1. The number of rotatable bonds is 5. The number of methoxy groups -OCH3 is 2. The highest BCUT2D eigenvalue weighted by molar-refractivity contribution is 6.31. The first-order valence-corrected chi connectivity index (χ1v) is 9.37. The van der Waals surface area contributed by atoms with E-state index in [1.54, 1.807) is 20.3 Å². The Morgan fingerprint density at radius 2 is 1.85 bits per heavy atom. The maximum Gasteiger partial charge on any atom is 0.217 e. The lowest BCUT2D eigenvalue weighted by Crippen LogP contribution is -2.48. The molecule has 7 heteroatoms. The van der Waals surface area contributed by atoms with E-state index in [4.69, 9.17) is 21.1 Å². The highest BCUT2D eigenvalue weighted by Crippen LogP contribution is 2.39. The summed E-state index contributed by atoms with van der Waals surface area (Å²) in [5, 5.41) is 13.9. The molecule has 0 unspecified atom stereocenters. The number of hydrogen-bond donors (Lipinski definition) is 2. The van der Waals surface area contributed by atoms with Crippen LogP contribution in [0.25, 0.3) is 0 Å². The van der Waals surface area contributed by atoms with Crippen molar-refractivity contribution in [3.05, 3.63) is 22.7 Å². The quantitative estimate of drug-likeness (QED) is 0.815. The first kappa shape index (κ1) is 19.3. The number of benzene rings is 1. The largest absolute Gasteiger partial charge is 0.493 e. The number of nitrogens with one attached hydrogen (secondary N) is 1. The summed E-state index contributed by atoms with van der Waals surface area (Å²) in [4.78, 5) is 13.7. The second kappa shape index (κ2) is 8.03. The molecule has 26 heavy (non-hydrogen) atoms. The van der Waals surface area contributed by atoms with Gasteiger partial charge in [-0.15, -0.1) is 0 Å². The standard InChI is InChI=1S/C19H27ClN2O4/c1-11(23)21-16-4-12-8-22(9-13(12)5-17(16)24)10-14-6-18(25-2)19(26-3)7-15(14)20/h6-7,12-13,16-17,24H,4-5,8-10H2,1-3H3,(H,21,23)/t12-,13+,16-,17-/m1/s1. The number of amides is 1. The van der Waals surface area contributed by atoms with Gasteiger partial charge in [0.2, 0.25) is 5.91 Å². The summed E-state index contributed by atoms with van der Waals surface area (Å²) in [6.45, 7) is 4.10. The van der Waals surface area contributed by atoms with E-state index in [1.165, 1.54) is 6.92 Å². The molecule has 1 saturated heterocycles. The zero-order chi connectivity index (χ0) is 18.8. The molecule has 4 atom stereocenters. The average molecular weight is 383 g/mol. The number of halogens is 1. The molecule has 1 aromatic rings. The van der Waals surface area contributed by atoms with Gasteiger partial charge in [0, 0.05) is 37.6 Å². The predicted octanol–water partition coefficient (Wildman–Crippen LogP) is 2.06. The Hall–Kier alpha value is -1.50. The molecule has 1 amide bonds. The van der Waals surface area contributed by atoms with Crippen LogP contribution in [0.5, 0.6) is 11.5 Å². The van der Waals surface area contributed by atoms with Crippen molar-refractivity contribution in [1.82, 2.24) is 10.2 Å². The van der Waals surface area contributed by atoms with Crippen molar-refractivity contribution in [3.8, 4) is 11.5 Å². The van der Waals surface area contributed by atoms with Gasteiger partial charge in [-0.2, -0.15) is 0 Å². The molecule has 3 rings (SSSR count). The van der Waals surface area contributed by atoms with E-state index in [0.717, 1.165) is 38.0 Å². The maximum absolute atomic E-state index is 11.3. The van der Waals surface area contributed by atoms with E-state index < -0.39 is 6.10 Å². The van der Waals surface area contributed by atoms with Gasteiger partial charge in [-0.3, -0.25) is 9.69 Å². The second-order valence-corrected chi connectivity index (χ2v) is 7.77. The molecule has 0 aromatic heterocycles. The van der Waals surface area contributed by atoms with Gasteiger partial charge in [0.25, 0.3) is 0 Å². The summed E-state index contributed by atoms with van der Waals surface area (Å²) in [6, 6.07) is 3.58. The van der Waals surface area contributed by atoms with Crippen molar-refractivity contribution in [1.29, 1.82) is 0 Å². The molecule has 2 N–H and O–H groups in total. The minimum atomic E-state index is -0.468. The molecule has 2 aliphatic rings. The predicted molar refractivity (Wildman–Crippen MR) is 99.7 cm³/mol. The fraction of sp³-hybridized carbons (Fsp3) is 0.632. The van der Waals surface area contributed by atoms with Gasteiger partial charge in [0.05, 0.1) is 26.4 Å². The number of carbonyl (C=O) groups excluding carboxylic acids is 1. The van der Waals surface area contributed by atoms with Crippen LogP contribution in [0.2, 0.25) is 5.02 Å². The monoisotopic (exact) mass is 382 g/mol. The number of carbonyl (C=O) groups is 1. The van der Waals surface area contributed by atoms with E-state index in [2.05, 4.69) is 10.2 Å². The number of aliphatic hydroxyl groups is 1. The van der Waals surface area contributed by atoms with Crippen molar-refractivity contribution >= 4 is 17.5 Å². The highest BCUT2D eigenvalue weighted by Gasteiger charge is 2.41. The highest BCUT2D eigenvalue weighted by atomic mass is 35.5. The van der Waals surface area contributed by atoms with E-state index in [0.29, 0.717) is 28.4 Å². The summed E-state index contributed by atoms with van der Waals surface area (Å²) in [7, 11) is 3.21. The zero-order valence-corrected chi connectivity index (χ0v) is 16.3. The minimum absolute atomic E-state index is 0.0838. The molecule has 0 bridgehead atoms. The van der Waals surface area contributed by atoms with Crippen LogP contribution in [0.3, 0.4) is 0 Å². The van der Waals surface area contributed by atoms with Gasteiger partial charge >= 0.3 is 0 Å². The molecule has 144 valence electrons. The van der Waals surface area contributed by atoms with Crippen molar-refractivity contribution in [2.24, 2.45) is 11.8 Å². The lowest BCUT2D eigenvalue weighted by Gasteiger charge is -2.35. The lowest BCUT2D eigenvalue weighted by molar-refractivity contribution is -0.121. The molecule has 2 fully saturated rings. The van der Waals surface area contributed by atoms with Gasteiger partial charge in [-0.1, -0.05) is 11.6 Å². The van der Waals surface area contributed by atoms with Crippen LogP contribution in [-0.2, 0) is 11.3 Å². The Morgan fingerprint density at radius 1 is 1.23 bits per heavy atom. The first-order chi connectivity index (χ1) is 12.4. The van der Waals surface area contributed by atoms with Gasteiger partial charge < -0.3 is 19.9 Å². The van der Waals surface area contributed by atoms with Gasteiger partial charge in [0.15, 0.2) is 11.5 Å². The van der Waals surface area contributed by atoms with Crippen LogP contribution in [0.1, 0.15) is 25.3 Å².